The summed E-state index contributed by atoms with van der Waals surface area (Å²) in [6.45, 7) is 2.20. The van der Waals surface area contributed by atoms with Gasteiger partial charge in [-0.15, -0.1) is 0 Å². The Balaban J connectivity index is 1.57. The highest BCUT2D eigenvalue weighted by molar-refractivity contribution is 8.03. The molecule has 8 nitrogen and oxygen atoms in total. The number of halogens is 2. The molecule has 0 radical (unpaired) electrons. The van der Waals surface area contributed by atoms with Crippen molar-refractivity contribution in [3.05, 3.63) is 42.4 Å². The van der Waals surface area contributed by atoms with E-state index in [4.69, 9.17) is 4.74 Å². The number of ether oxygens (including phenoxy) is 1. The van der Waals surface area contributed by atoms with E-state index in [2.05, 4.69) is 25.0 Å². The zero-order chi connectivity index (χ0) is 21.1. The van der Waals surface area contributed by atoms with E-state index < -0.39 is 17.6 Å². The first-order valence-electron chi connectivity index (χ1n) is 9.29. The first kappa shape index (κ1) is 20.6. The van der Waals surface area contributed by atoms with Crippen molar-refractivity contribution in [3.8, 4) is 11.3 Å². The summed E-state index contributed by atoms with van der Waals surface area (Å²) in [4.78, 5) is 15.0. The molecule has 0 aliphatic carbocycles. The third kappa shape index (κ3) is 4.58. The molecular formula is C19H20F2N6O2S. The molecule has 3 aromatic heterocycles. The number of pyridine rings is 1. The lowest BCUT2D eigenvalue weighted by molar-refractivity contribution is 0.0467. The lowest BCUT2D eigenvalue weighted by Gasteiger charge is -2.33. The summed E-state index contributed by atoms with van der Waals surface area (Å²) in [5.41, 5.74) is 2.97. The van der Waals surface area contributed by atoms with Gasteiger partial charge in [0.05, 0.1) is 31.1 Å². The number of aromatic nitrogens is 4. The van der Waals surface area contributed by atoms with Crippen LogP contribution in [0.15, 0.2) is 41.7 Å². The van der Waals surface area contributed by atoms with E-state index in [9.17, 15) is 13.3 Å². The second kappa shape index (κ2) is 9.02. The van der Waals surface area contributed by atoms with Crippen molar-refractivity contribution in [3.63, 3.8) is 0 Å². The number of hydrogen-bond donors (Lipinski definition) is 0. The van der Waals surface area contributed by atoms with Crippen molar-refractivity contribution in [2.24, 2.45) is 4.99 Å². The number of imidazole rings is 1. The predicted molar refractivity (Wildman–Crippen MR) is 111 cm³/mol. The molecule has 158 valence electrons. The van der Waals surface area contributed by atoms with Crippen LogP contribution in [0.25, 0.3) is 16.9 Å². The van der Waals surface area contributed by atoms with Crippen molar-refractivity contribution in [1.82, 2.24) is 19.6 Å². The number of rotatable bonds is 6. The Kier molecular flexibility index (Phi) is 6.21. The molecule has 0 spiro atoms. The Bertz CT molecular complexity index is 1040. The number of aliphatic imine (C=N–C) groups is 1. The van der Waals surface area contributed by atoms with Gasteiger partial charge in [0, 0.05) is 24.8 Å². The maximum absolute atomic E-state index is 13.1. The highest BCUT2D eigenvalue weighted by atomic mass is 32.2. The van der Waals surface area contributed by atoms with Crippen molar-refractivity contribution < 1.29 is 18.1 Å². The SMILES string of the molecule is C[S+]([O-])C=NC[C@@H]1CN(c2cc(-c3cnc4ccc(C(F)F)nn34)ccn2)CCO1. The average molecular weight is 434 g/mol. The standard InChI is InChI=1S/C19H20F2N6O2S/c1-30(28)12-22-9-14-11-26(6-7-29-14)18-8-13(4-5-23-18)16-10-24-17-3-2-15(19(20)21)25-27(16)17/h2-5,8,10,12,14,19H,6-7,9,11H2,1H3/t14-,30?/m1/s1. The molecule has 1 saturated heterocycles. The summed E-state index contributed by atoms with van der Waals surface area (Å²) in [6.07, 6.45) is 2.06. The van der Waals surface area contributed by atoms with Crippen LogP contribution >= 0.6 is 0 Å². The zero-order valence-corrected chi connectivity index (χ0v) is 17.0. The Labute approximate surface area is 174 Å². The highest BCUT2D eigenvalue weighted by Crippen LogP contribution is 2.26. The molecule has 11 heteroatoms. The summed E-state index contributed by atoms with van der Waals surface area (Å²) in [5, 5.41) is 4.02. The fourth-order valence-electron chi connectivity index (χ4n) is 3.25. The van der Waals surface area contributed by atoms with Gasteiger partial charge in [0.15, 0.2) is 5.65 Å². The third-order valence-corrected chi connectivity index (χ3v) is 5.09. The molecule has 1 aliphatic heterocycles. The minimum atomic E-state index is -2.66. The first-order chi connectivity index (χ1) is 14.5. The van der Waals surface area contributed by atoms with Crippen LogP contribution in [-0.4, -0.2) is 68.3 Å². The number of fused-ring (bicyclic) bond motifs is 1. The van der Waals surface area contributed by atoms with Crippen molar-refractivity contribution in [2.75, 3.05) is 37.4 Å². The predicted octanol–water partition coefficient (Wildman–Crippen LogP) is 2.34. The van der Waals surface area contributed by atoms with Crippen LogP contribution in [0.2, 0.25) is 0 Å². The van der Waals surface area contributed by atoms with Crippen LogP contribution in [-0.2, 0) is 15.9 Å². The molecule has 4 rings (SSSR count). The number of nitrogens with zero attached hydrogens (tertiary/aromatic N) is 6. The van der Waals surface area contributed by atoms with Crippen LogP contribution in [0.5, 0.6) is 0 Å². The van der Waals surface area contributed by atoms with Crippen molar-refractivity contribution in [1.29, 1.82) is 0 Å². The van der Waals surface area contributed by atoms with E-state index in [1.165, 1.54) is 22.2 Å². The molecule has 0 aromatic carbocycles. The van der Waals surface area contributed by atoms with Gasteiger partial charge in [0.2, 0.25) is 5.55 Å². The van der Waals surface area contributed by atoms with E-state index in [1.54, 1.807) is 24.7 Å². The van der Waals surface area contributed by atoms with Crippen LogP contribution in [0, 0.1) is 0 Å². The molecule has 0 N–H and O–H groups in total. The Morgan fingerprint density at radius 2 is 2.23 bits per heavy atom. The molecule has 2 atom stereocenters. The fraction of sp³-hybridized carbons (Fsp3) is 0.368. The summed E-state index contributed by atoms with van der Waals surface area (Å²) in [7, 11) is 0. The minimum absolute atomic E-state index is 0.130. The average Bonchev–Trinajstić information content (AvgIpc) is 3.17. The van der Waals surface area contributed by atoms with Crippen LogP contribution in [0.1, 0.15) is 12.1 Å². The molecular weight excluding hydrogens is 414 g/mol. The monoisotopic (exact) mass is 434 g/mol. The van der Waals surface area contributed by atoms with Gasteiger partial charge >= 0.3 is 0 Å². The van der Waals surface area contributed by atoms with Gasteiger partial charge in [-0.05, 0) is 35.4 Å². The lowest BCUT2D eigenvalue weighted by atomic mass is 10.2. The van der Waals surface area contributed by atoms with Crippen LogP contribution in [0.4, 0.5) is 14.6 Å². The number of morpholine rings is 1. The normalized spacial score (nSPS) is 18.6. The van der Waals surface area contributed by atoms with Gasteiger partial charge in [-0.1, -0.05) is 0 Å². The Morgan fingerprint density at radius 1 is 1.37 bits per heavy atom. The molecule has 1 aliphatic rings. The number of alkyl halides is 2. The molecule has 1 fully saturated rings. The Morgan fingerprint density at radius 3 is 3.03 bits per heavy atom. The summed E-state index contributed by atoms with van der Waals surface area (Å²) >= 11 is -1.09. The largest absolute Gasteiger partial charge is 0.611 e. The van der Waals surface area contributed by atoms with E-state index >= 15 is 0 Å². The van der Waals surface area contributed by atoms with Crippen molar-refractivity contribution in [2.45, 2.75) is 12.5 Å². The molecule has 0 bridgehead atoms. The second-order valence-electron chi connectivity index (χ2n) is 6.78. The van der Waals surface area contributed by atoms with E-state index in [0.717, 1.165) is 11.4 Å². The molecule has 0 amide bonds. The minimum Gasteiger partial charge on any atom is -0.611 e. The number of anilines is 1. The van der Waals surface area contributed by atoms with E-state index in [0.29, 0.717) is 37.6 Å². The second-order valence-corrected chi connectivity index (χ2v) is 7.99. The molecule has 0 saturated carbocycles. The smallest absolute Gasteiger partial charge is 0.282 e. The maximum Gasteiger partial charge on any atom is 0.282 e. The van der Waals surface area contributed by atoms with Gasteiger partial charge in [-0.3, -0.25) is 0 Å². The fourth-order valence-corrected chi connectivity index (χ4v) is 3.55. The van der Waals surface area contributed by atoms with Gasteiger partial charge in [0.1, 0.15) is 17.8 Å². The molecule has 3 aromatic rings. The van der Waals surface area contributed by atoms with Crippen molar-refractivity contribution >= 4 is 28.2 Å². The Hall–Kier alpha value is -2.63. The molecule has 30 heavy (non-hydrogen) atoms. The maximum atomic E-state index is 13.1. The van der Waals surface area contributed by atoms with Crippen LogP contribution in [0.3, 0.4) is 0 Å². The zero-order valence-electron chi connectivity index (χ0n) is 16.2. The summed E-state index contributed by atoms with van der Waals surface area (Å²) in [5.74, 6) is 0.740. The third-order valence-electron chi connectivity index (χ3n) is 4.64. The van der Waals surface area contributed by atoms with Crippen LogP contribution < -0.4 is 4.90 Å². The lowest BCUT2D eigenvalue weighted by Crippen LogP contribution is -2.44. The molecule has 1 unspecified atom stereocenters. The highest BCUT2D eigenvalue weighted by Gasteiger charge is 2.22. The number of hydrogen-bond acceptors (Lipinski definition) is 7. The van der Waals surface area contributed by atoms with E-state index in [-0.39, 0.29) is 11.8 Å². The molecule has 4 heterocycles. The topological polar surface area (TPSA) is 91.0 Å². The first-order valence-corrected chi connectivity index (χ1v) is 10.9. The van der Waals surface area contributed by atoms with Gasteiger partial charge in [-0.2, -0.15) is 5.10 Å². The van der Waals surface area contributed by atoms with E-state index in [1.807, 2.05) is 6.07 Å². The quantitative estimate of drug-likeness (QED) is 0.336. The van der Waals surface area contributed by atoms with Gasteiger partial charge in [0.25, 0.3) is 6.43 Å². The van der Waals surface area contributed by atoms with Gasteiger partial charge < -0.3 is 14.2 Å². The summed E-state index contributed by atoms with van der Waals surface area (Å²) < 4.78 is 44.4. The van der Waals surface area contributed by atoms with Gasteiger partial charge in [-0.25, -0.2) is 28.3 Å². The summed E-state index contributed by atoms with van der Waals surface area (Å²) in [6, 6.07) is 6.48.